The van der Waals surface area contributed by atoms with Gasteiger partial charge < -0.3 is 14.6 Å². The van der Waals surface area contributed by atoms with E-state index >= 15 is 0 Å². The molecule has 1 aliphatic rings. The van der Waals surface area contributed by atoms with E-state index in [1.807, 2.05) is 16.9 Å². The van der Waals surface area contributed by atoms with Gasteiger partial charge >= 0.3 is 0 Å². The van der Waals surface area contributed by atoms with E-state index in [4.69, 9.17) is 4.42 Å². The fourth-order valence-electron chi connectivity index (χ4n) is 1.39. The number of furan rings is 1. The summed E-state index contributed by atoms with van der Waals surface area (Å²) in [6, 6.07) is 3.64. The number of anilines is 1. The molecular formula is C9H10N2O2. The molecule has 0 saturated carbocycles. The summed E-state index contributed by atoms with van der Waals surface area (Å²) in [5.41, 5.74) is 0.598. The normalized spacial score (nSPS) is 17.2. The summed E-state index contributed by atoms with van der Waals surface area (Å²) >= 11 is 0. The Hall–Kier alpha value is -1.51. The molecule has 1 fully saturated rings. The molecule has 0 radical (unpaired) electrons. The molecule has 13 heavy (non-hydrogen) atoms. The zero-order chi connectivity index (χ0) is 9.10. The second-order valence-corrected chi connectivity index (χ2v) is 2.83. The first kappa shape index (κ1) is 8.10. The highest BCUT2D eigenvalue weighted by molar-refractivity contribution is 5.62. The number of nitrogens with zero attached hydrogens (tertiary/aromatic N) is 1. The van der Waals surface area contributed by atoms with Gasteiger partial charge in [0.2, 0.25) is 0 Å². The highest BCUT2D eigenvalue weighted by atomic mass is 16.3. The van der Waals surface area contributed by atoms with Crippen molar-refractivity contribution in [3.05, 3.63) is 24.1 Å². The van der Waals surface area contributed by atoms with E-state index in [1.165, 1.54) is 0 Å². The Morgan fingerprint density at radius 2 is 2.54 bits per heavy atom. The molecule has 0 spiro atoms. The van der Waals surface area contributed by atoms with Gasteiger partial charge in [-0.1, -0.05) is 0 Å². The predicted molar refractivity (Wildman–Crippen MR) is 48.1 cm³/mol. The third kappa shape index (κ3) is 1.49. The van der Waals surface area contributed by atoms with Crippen molar-refractivity contribution >= 4 is 11.8 Å². The highest BCUT2D eigenvalue weighted by Crippen LogP contribution is 2.18. The van der Waals surface area contributed by atoms with Crippen molar-refractivity contribution in [1.82, 2.24) is 5.32 Å². The number of hydrogen-bond donors (Lipinski definition) is 1. The third-order valence-corrected chi connectivity index (χ3v) is 2.02. The average molecular weight is 178 g/mol. The van der Waals surface area contributed by atoms with Gasteiger partial charge in [-0.05, 0) is 6.07 Å². The van der Waals surface area contributed by atoms with Crippen molar-refractivity contribution in [2.45, 2.75) is 0 Å². The minimum atomic E-state index is 0.560. The SMILES string of the molecule is O=C=C1CNCCN1c1ccco1. The molecule has 1 aromatic rings. The van der Waals surface area contributed by atoms with Gasteiger partial charge in [-0.25, -0.2) is 4.79 Å². The lowest BCUT2D eigenvalue weighted by Gasteiger charge is -2.27. The van der Waals surface area contributed by atoms with Crippen molar-refractivity contribution in [1.29, 1.82) is 0 Å². The number of rotatable bonds is 1. The monoisotopic (exact) mass is 178 g/mol. The zero-order valence-electron chi connectivity index (χ0n) is 7.12. The second-order valence-electron chi connectivity index (χ2n) is 2.83. The summed E-state index contributed by atoms with van der Waals surface area (Å²) in [6.07, 6.45) is 1.60. The summed E-state index contributed by atoms with van der Waals surface area (Å²) in [4.78, 5) is 12.4. The smallest absolute Gasteiger partial charge is 0.200 e. The van der Waals surface area contributed by atoms with Gasteiger partial charge in [-0.15, -0.1) is 0 Å². The van der Waals surface area contributed by atoms with Crippen LogP contribution in [0.1, 0.15) is 0 Å². The molecule has 0 aliphatic carbocycles. The van der Waals surface area contributed by atoms with Crippen LogP contribution in [0.4, 0.5) is 5.88 Å². The Balaban J connectivity index is 2.26. The molecule has 0 amide bonds. The van der Waals surface area contributed by atoms with E-state index in [9.17, 15) is 4.79 Å². The van der Waals surface area contributed by atoms with Gasteiger partial charge in [0.1, 0.15) is 11.6 Å². The summed E-state index contributed by atoms with van der Waals surface area (Å²) < 4.78 is 5.20. The molecule has 68 valence electrons. The predicted octanol–water partition coefficient (Wildman–Crippen LogP) is 0.405. The fraction of sp³-hybridized carbons (Fsp3) is 0.333. The molecule has 0 bridgehead atoms. The van der Waals surface area contributed by atoms with Crippen LogP contribution in [0, 0.1) is 0 Å². The van der Waals surface area contributed by atoms with Crippen LogP contribution in [0.15, 0.2) is 28.5 Å². The highest BCUT2D eigenvalue weighted by Gasteiger charge is 2.18. The maximum atomic E-state index is 10.6. The van der Waals surface area contributed by atoms with Crippen LogP contribution >= 0.6 is 0 Å². The van der Waals surface area contributed by atoms with Crippen molar-refractivity contribution in [3.63, 3.8) is 0 Å². The molecule has 2 rings (SSSR count). The van der Waals surface area contributed by atoms with Gasteiger partial charge in [-0.3, -0.25) is 0 Å². The van der Waals surface area contributed by atoms with Crippen LogP contribution in [-0.2, 0) is 4.79 Å². The first-order valence-corrected chi connectivity index (χ1v) is 4.17. The van der Waals surface area contributed by atoms with Crippen LogP contribution in [0.5, 0.6) is 0 Å². The van der Waals surface area contributed by atoms with Crippen molar-refractivity contribution < 1.29 is 9.21 Å². The number of nitrogens with one attached hydrogen (secondary N) is 1. The van der Waals surface area contributed by atoms with Gasteiger partial charge in [0, 0.05) is 25.7 Å². The summed E-state index contributed by atoms with van der Waals surface area (Å²) in [5.74, 6) is 2.62. The standard InChI is InChI=1S/C9H10N2O2/c12-7-8-6-10-3-4-11(8)9-2-1-5-13-9/h1-2,5,10H,3-4,6H2. The van der Waals surface area contributed by atoms with E-state index in [-0.39, 0.29) is 0 Å². The van der Waals surface area contributed by atoms with E-state index in [0.29, 0.717) is 18.1 Å². The number of piperazine rings is 1. The fourth-order valence-corrected chi connectivity index (χ4v) is 1.39. The molecule has 1 aliphatic heterocycles. The zero-order valence-corrected chi connectivity index (χ0v) is 7.12. The van der Waals surface area contributed by atoms with E-state index < -0.39 is 0 Å². The van der Waals surface area contributed by atoms with Crippen LogP contribution in [0.25, 0.3) is 0 Å². The first-order valence-electron chi connectivity index (χ1n) is 4.17. The van der Waals surface area contributed by atoms with Crippen molar-refractivity contribution in [2.75, 3.05) is 24.5 Å². The largest absolute Gasteiger partial charge is 0.448 e. The molecular weight excluding hydrogens is 168 g/mol. The third-order valence-electron chi connectivity index (χ3n) is 2.02. The molecule has 0 atom stereocenters. The molecule has 2 heterocycles. The molecule has 0 unspecified atom stereocenters. The average Bonchev–Trinajstić information content (AvgIpc) is 2.70. The first-order chi connectivity index (χ1) is 6.42. The Kier molecular flexibility index (Phi) is 2.17. The maximum absolute atomic E-state index is 10.6. The van der Waals surface area contributed by atoms with Crippen LogP contribution in [0.3, 0.4) is 0 Å². The molecule has 4 nitrogen and oxygen atoms in total. The Labute approximate surface area is 75.8 Å². The van der Waals surface area contributed by atoms with E-state index in [2.05, 4.69) is 5.32 Å². The Morgan fingerprint density at radius 1 is 1.62 bits per heavy atom. The van der Waals surface area contributed by atoms with Crippen LogP contribution in [0.2, 0.25) is 0 Å². The molecule has 1 N–H and O–H groups in total. The van der Waals surface area contributed by atoms with Crippen LogP contribution < -0.4 is 10.2 Å². The lowest BCUT2D eigenvalue weighted by molar-refractivity contribution is 0.527. The van der Waals surface area contributed by atoms with E-state index in [1.54, 1.807) is 12.3 Å². The lowest BCUT2D eigenvalue weighted by Crippen LogP contribution is -2.42. The molecule has 1 saturated heterocycles. The number of carbonyl (C=O) groups excluding carboxylic acids is 1. The summed E-state index contributed by atoms with van der Waals surface area (Å²) in [5, 5.41) is 3.09. The van der Waals surface area contributed by atoms with Crippen LogP contribution in [-0.4, -0.2) is 25.6 Å². The summed E-state index contributed by atoms with van der Waals surface area (Å²) in [6.45, 7) is 2.16. The Bertz CT molecular complexity index is 325. The van der Waals surface area contributed by atoms with E-state index in [0.717, 1.165) is 13.1 Å². The minimum absolute atomic E-state index is 0.560. The maximum Gasteiger partial charge on any atom is 0.200 e. The summed E-state index contributed by atoms with van der Waals surface area (Å²) in [7, 11) is 0. The quantitative estimate of drug-likeness (QED) is 0.632. The Morgan fingerprint density at radius 3 is 3.23 bits per heavy atom. The van der Waals surface area contributed by atoms with Crippen molar-refractivity contribution in [3.8, 4) is 0 Å². The number of hydrogen-bond acceptors (Lipinski definition) is 4. The van der Waals surface area contributed by atoms with Crippen molar-refractivity contribution in [2.24, 2.45) is 0 Å². The lowest BCUT2D eigenvalue weighted by atomic mass is 10.3. The minimum Gasteiger partial charge on any atom is -0.448 e. The topological polar surface area (TPSA) is 45.5 Å². The van der Waals surface area contributed by atoms with Gasteiger partial charge in [0.05, 0.1) is 6.26 Å². The molecule has 0 aromatic carbocycles. The molecule has 1 aromatic heterocycles. The second kappa shape index (κ2) is 3.47. The van der Waals surface area contributed by atoms with Gasteiger partial charge in [0.15, 0.2) is 5.88 Å². The molecule has 4 heteroatoms. The van der Waals surface area contributed by atoms with Gasteiger partial charge in [-0.2, -0.15) is 0 Å². The van der Waals surface area contributed by atoms with Gasteiger partial charge in [0.25, 0.3) is 0 Å².